The number of halogens is 2. The molecule has 0 radical (unpaired) electrons. The quantitative estimate of drug-likeness (QED) is 0.840. The zero-order chi connectivity index (χ0) is 13.2. The minimum atomic E-state index is -0.189. The fourth-order valence-electron chi connectivity index (χ4n) is 3.13. The molecule has 0 spiro atoms. The highest BCUT2D eigenvalue weighted by Gasteiger charge is 2.37. The highest BCUT2D eigenvalue weighted by atomic mass is 79.9. The zero-order valence-electron chi connectivity index (χ0n) is 11.1. The van der Waals surface area contributed by atoms with Gasteiger partial charge in [0.25, 0.3) is 0 Å². The van der Waals surface area contributed by atoms with Crippen molar-refractivity contribution in [2.45, 2.75) is 45.6 Å². The standard InChI is InChI=1S/C15H21BrFN/c1-3-18-14(15(2)8-4-5-9-15)11-6-7-13(17)12(16)10-11/h6-7,10,14,18H,3-5,8-9H2,1-2H3. The maximum atomic E-state index is 13.4. The number of benzene rings is 1. The molecule has 1 saturated carbocycles. The van der Waals surface area contributed by atoms with Gasteiger partial charge in [-0.15, -0.1) is 0 Å². The number of hydrogen-bond donors (Lipinski definition) is 1. The lowest BCUT2D eigenvalue weighted by Gasteiger charge is -2.35. The molecule has 1 fully saturated rings. The second kappa shape index (κ2) is 5.70. The second-order valence-electron chi connectivity index (χ2n) is 5.53. The molecule has 1 aromatic rings. The van der Waals surface area contributed by atoms with Crippen LogP contribution in [0.1, 0.15) is 51.1 Å². The Balaban J connectivity index is 2.31. The molecular formula is C15H21BrFN. The summed E-state index contributed by atoms with van der Waals surface area (Å²) >= 11 is 3.29. The highest BCUT2D eigenvalue weighted by Crippen LogP contribution is 2.47. The topological polar surface area (TPSA) is 12.0 Å². The smallest absolute Gasteiger partial charge is 0.137 e. The van der Waals surface area contributed by atoms with E-state index in [1.807, 2.05) is 12.1 Å². The molecular weight excluding hydrogens is 293 g/mol. The van der Waals surface area contributed by atoms with E-state index in [4.69, 9.17) is 0 Å². The van der Waals surface area contributed by atoms with E-state index in [0.29, 0.717) is 15.9 Å². The van der Waals surface area contributed by atoms with Crippen molar-refractivity contribution < 1.29 is 4.39 Å². The molecule has 1 N–H and O–H groups in total. The van der Waals surface area contributed by atoms with Gasteiger partial charge in [0.15, 0.2) is 0 Å². The summed E-state index contributed by atoms with van der Waals surface area (Å²) in [5.74, 6) is -0.189. The maximum Gasteiger partial charge on any atom is 0.137 e. The molecule has 1 aliphatic carbocycles. The van der Waals surface area contributed by atoms with Crippen LogP contribution in [0.4, 0.5) is 4.39 Å². The van der Waals surface area contributed by atoms with Crippen LogP contribution in [0.5, 0.6) is 0 Å². The van der Waals surface area contributed by atoms with Crippen molar-refractivity contribution in [2.75, 3.05) is 6.54 Å². The van der Waals surface area contributed by atoms with Gasteiger partial charge in [-0.3, -0.25) is 0 Å². The molecule has 0 heterocycles. The Bertz CT molecular complexity index is 413. The predicted octanol–water partition coefficient (Wildman–Crippen LogP) is 4.82. The van der Waals surface area contributed by atoms with Crippen LogP contribution in [0.3, 0.4) is 0 Å². The van der Waals surface area contributed by atoms with Crippen molar-refractivity contribution in [3.8, 4) is 0 Å². The first-order valence-electron chi connectivity index (χ1n) is 6.75. The van der Waals surface area contributed by atoms with Crippen LogP contribution < -0.4 is 5.32 Å². The third-order valence-electron chi connectivity index (χ3n) is 4.13. The van der Waals surface area contributed by atoms with Gasteiger partial charge < -0.3 is 5.32 Å². The third-order valence-corrected chi connectivity index (χ3v) is 4.74. The van der Waals surface area contributed by atoms with Crippen LogP contribution in [0.25, 0.3) is 0 Å². The van der Waals surface area contributed by atoms with E-state index in [-0.39, 0.29) is 5.82 Å². The van der Waals surface area contributed by atoms with Crippen LogP contribution in [-0.2, 0) is 0 Å². The highest BCUT2D eigenvalue weighted by molar-refractivity contribution is 9.10. The molecule has 0 aliphatic heterocycles. The summed E-state index contributed by atoms with van der Waals surface area (Å²) in [5.41, 5.74) is 1.49. The molecule has 0 aromatic heterocycles. The zero-order valence-corrected chi connectivity index (χ0v) is 12.7. The minimum absolute atomic E-state index is 0.189. The van der Waals surface area contributed by atoms with Crippen LogP contribution in [0.2, 0.25) is 0 Å². The number of hydrogen-bond acceptors (Lipinski definition) is 1. The van der Waals surface area contributed by atoms with E-state index in [0.717, 1.165) is 6.54 Å². The predicted molar refractivity (Wildman–Crippen MR) is 77.1 cm³/mol. The minimum Gasteiger partial charge on any atom is -0.310 e. The van der Waals surface area contributed by atoms with Gasteiger partial charge in [0.1, 0.15) is 5.82 Å². The van der Waals surface area contributed by atoms with Gasteiger partial charge in [-0.2, -0.15) is 0 Å². The Hall–Kier alpha value is -0.410. The molecule has 0 amide bonds. The van der Waals surface area contributed by atoms with Gasteiger partial charge in [0.05, 0.1) is 4.47 Å². The monoisotopic (exact) mass is 313 g/mol. The summed E-state index contributed by atoms with van der Waals surface area (Å²) in [6.07, 6.45) is 5.11. The Morgan fingerprint density at radius 3 is 2.61 bits per heavy atom. The molecule has 1 aliphatic rings. The summed E-state index contributed by atoms with van der Waals surface area (Å²) in [5, 5.41) is 3.58. The lowest BCUT2D eigenvalue weighted by Crippen LogP contribution is -2.34. The van der Waals surface area contributed by atoms with Gasteiger partial charge in [0, 0.05) is 6.04 Å². The fourth-order valence-corrected chi connectivity index (χ4v) is 3.53. The largest absolute Gasteiger partial charge is 0.310 e. The van der Waals surface area contributed by atoms with Crippen molar-refractivity contribution in [1.29, 1.82) is 0 Å². The molecule has 1 unspecified atom stereocenters. The van der Waals surface area contributed by atoms with E-state index in [2.05, 4.69) is 35.1 Å². The Labute approximate surface area is 117 Å². The Kier molecular flexibility index (Phi) is 4.44. The lowest BCUT2D eigenvalue weighted by molar-refractivity contribution is 0.226. The molecule has 3 heteroatoms. The molecule has 1 aromatic carbocycles. The molecule has 1 atom stereocenters. The fraction of sp³-hybridized carbons (Fsp3) is 0.600. The molecule has 100 valence electrons. The Morgan fingerprint density at radius 2 is 2.06 bits per heavy atom. The summed E-state index contributed by atoms with van der Waals surface area (Å²) in [6.45, 7) is 5.42. The van der Waals surface area contributed by atoms with Crippen LogP contribution in [0, 0.1) is 11.2 Å². The van der Waals surface area contributed by atoms with E-state index in [9.17, 15) is 4.39 Å². The van der Waals surface area contributed by atoms with Crippen molar-refractivity contribution >= 4 is 15.9 Å². The molecule has 0 bridgehead atoms. The van der Waals surface area contributed by atoms with E-state index in [1.54, 1.807) is 6.07 Å². The van der Waals surface area contributed by atoms with E-state index < -0.39 is 0 Å². The van der Waals surface area contributed by atoms with Crippen LogP contribution in [-0.4, -0.2) is 6.54 Å². The van der Waals surface area contributed by atoms with Gasteiger partial charge in [-0.1, -0.05) is 32.8 Å². The maximum absolute atomic E-state index is 13.4. The second-order valence-corrected chi connectivity index (χ2v) is 6.38. The van der Waals surface area contributed by atoms with E-state index in [1.165, 1.54) is 31.2 Å². The molecule has 1 nitrogen and oxygen atoms in total. The summed E-state index contributed by atoms with van der Waals surface area (Å²) in [6, 6.07) is 5.72. The van der Waals surface area contributed by atoms with E-state index >= 15 is 0 Å². The third kappa shape index (κ3) is 2.77. The molecule has 0 saturated heterocycles. The van der Waals surface area contributed by atoms with Gasteiger partial charge in [-0.25, -0.2) is 4.39 Å². The SMILES string of the molecule is CCNC(c1ccc(F)c(Br)c1)C1(C)CCCC1. The molecule has 2 rings (SSSR count). The summed E-state index contributed by atoms with van der Waals surface area (Å²) in [4.78, 5) is 0. The first kappa shape index (κ1) is 14.0. The van der Waals surface area contributed by atoms with Gasteiger partial charge >= 0.3 is 0 Å². The van der Waals surface area contributed by atoms with Crippen LogP contribution >= 0.6 is 15.9 Å². The normalized spacial score (nSPS) is 20.0. The summed E-state index contributed by atoms with van der Waals surface area (Å²) in [7, 11) is 0. The van der Waals surface area contributed by atoms with Crippen molar-refractivity contribution in [3.63, 3.8) is 0 Å². The average Bonchev–Trinajstić information content (AvgIpc) is 2.78. The van der Waals surface area contributed by atoms with Crippen molar-refractivity contribution in [2.24, 2.45) is 5.41 Å². The molecule has 18 heavy (non-hydrogen) atoms. The van der Waals surface area contributed by atoms with Gasteiger partial charge in [-0.05, 0) is 58.4 Å². The van der Waals surface area contributed by atoms with Crippen molar-refractivity contribution in [3.05, 3.63) is 34.1 Å². The first-order chi connectivity index (χ1) is 8.57. The number of nitrogens with one attached hydrogen (secondary N) is 1. The van der Waals surface area contributed by atoms with Gasteiger partial charge in [0.2, 0.25) is 0 Å². The van der Waals surface area contributed by atoms with Crippen molar-refractivity contribution in [1.82, 2.24) is 5.32 Å². The average molecular weight is 314 g/mol. The Morgan fingerprint density at radius 1 is 1.39 bits per heavy atom. The number of rotatable bonds is 4. The van der Waals surface area contributed by atoms with Crippen LogP contribution in [0.15, 0.2) is 22.7 Å². The summed E-state index contributed by atoms with van der Waals surface area (Å²) < 4.78 is 13.9. The lowest BCUT2D eigenvalue weighted by atomic mass is 9.77. The first-order valence-corrected chi connectivity index (χ1v) is 7.54.